The van der Waals surface area contributed by atoms with E-state index in [9.17, 15) is 9.59 Å². The Bertz CT molecular complexity index is 952. The van der Waals surface area contributed by atoms with Gasteiger partial charge in [0.2, 0.25) is 5.88 Å². The van der Waals surface area contributed by atoms with Gasteiger partial charge in [0.15, 0.2) is 5.11 Å². The lowest BCUT2D eigenvalue weighted by Gasteiger charge is -2.28. The Kier molecular flexibility index (Phi) is 5.31. The average molecular weight is 499 g/mol. The van der Waals surface area contributed by atoms with E-state index in [1.807, 2.05) is 20.2 Å². The van der Waals surface area contributed by atoms with Gasteiger partial charge in [-0.25, -0.2) is 0 Å². The van der Waals surface area contributed by atoms with Gasteiger partial charge in [-0.05, 0) is 52.4 Å². The first-order chi connectivity index (χ1) is 12.3. The number of anilines is 2. The van der Waals surface area contributed by atoms with E-state index >= 15 is 0 Å². The zero-order valence-corrected chi connectivity index (χ0v) is 17.7. The van der Waals surface area contributed by atoms with Crippen LogP contribution in [-0.4, -0.2) is 31.0 Å². The van der Waals surface area contributed by atoms with Crippen molar-refractivity contribution in [3.8, 4) is 0 Å². The van der Waals surface area contributed by atoms with Gasteiger partial charge in [-0.1, -0.05) is 22.0 Å². The van der Waals surface area contributed by atoms with Crippen LogP contribution in [0.2, 0.25) is 0 Å². The Labute approximate surface area is 172 Å². The van der Waals surface area contributed by atoms with E-state index in [4.69, 9.17) is 16.6 Å². The Morgan fingerprint density at radius 3 is 2.58 bits per heavy atom. The lowest BCUT2D eigenvalue weighted by molar-refractivity contribution is -0.122. The summed E-state index contributed by atoms with van der Waals surface area (Å²) in [5.41, 5.74) is 0.486. The largest absolute Gasteiger partial charge is 0.440 e. The van der Waals surface area contributed by atoms with Crippen molar-refractivity contribution in [3.63, 3.8) is 0 Å². The molecule has 0 atom stereocenters. The average Bonchev–Trinajstić information content (AvgIpc) is 2.92. The zero-order valence-electron chi connectivity index (χ0n) is 13.7. The second-order valence-corrected chi connectivity index (χ2v) is 7.79. The van der Waals surface area contributed by atoms with Crippen molar-refractivity contribution < 1.29 is 14.0 Å². The van der Waals surface area contributed by atoms with E-state index in [-0.39, 0.29) is 10.7 Å². The molecule has 26 heavy (non-hydrogen) atoms. The first-order valence-corrected chi connectivity index (χ1v) is 9.41. The molecule has 2 heterocycles. The maximum atomic E-state index is 12.9. The molecule has 0 saturated carbocycles. The van der Waals surface area contributed by atoms with Crippen LogP contribution in [0.3, 0.4) is 0 Å². The number of halogens is 2. The third kappa shape index (κ3) is 3.60. The fraction of sp³-hybridized carbons (Fsp3) is 0.118. The fourth-order valence-electron chi connectivity index (χ4n) is 2.40. The van der Waals surface area contributed by atoms with Crippen LogP contribution in [0.5, 0.6) is 0 Å². The van der Waals surface area contributed by atoms with Crippen molar-refractivity contribution >= 4 is 78.7 Å². The summed E-state index contributed by atoms with van der Waals surface area (Å²) in [7, 11) is 3.65. The van der Waals surface area contributed by atoms with Crippen molar-refractivity contribution in [3.05, 3.63) is 50.6 Å². The lowest BCUT2D eigenvalue weighted by atomic mass is 10.1. The number of rotatable bonds is 3. The van der Waals surface area contributed by atoms with Crippen LogP contribution in [0.15, 0.2) is 49.3 Å². The monoisotopic (exact) mass is 497 g/mol. The summed E-state index contributed by atoms with van der Waals surface area (Å²) in [4.78, 5) is 28.3. The molecule has 0 radical (unpaired) electrons. The predicted molar refractivity (Wildman–Crippen MR) is 111 cm³/mol. The van der Waals surface area contributed by atoms with Crippen molar-refractivity contribution in [1.82, 2.24) is 5.32 Å². The van der Waals surface area contributed by atoms with E-state index < -0.39 is 11.8 Å². The van der Waals surface area contributed by atoms with Crippen LogP contribution >= 0.6 is 44.1 Å². The van der Waals surface area contributed by atoms with Gasteiger partial charge in [0, 0.05) is 24.6 Å². The molecule has 1 saturated heterocycles. The van der Waals surface area contributed by atoms with Gasteiger partial charge in [0.1, 0.15) is 11.3 Å². The van der Waals surface area contributed by atoms with Crippen molar-refractivity contribution in [1.29, 1.82) is 0 Å². The van der Waals surface area contributed by atoms with E-state index in [0.717, 1.165) is 8.95 Å². The van der Waals surface area contributed by atoms with Gasteiger partial charge < -0.3 is 9.32 Å². The summed E-state index contributed by atoms with van der Waals surface area (Å²) < 4.78 is 7.18. The van der Waals surface area contributed by atoms with Crippen LogP contribution in [0, 0.1) is 0 Å². The van der Waals surface area contributed by atoms with E-state index in [2.05, 4.69) is 37.2 Å². The van der Waals surface area contributed by atoms with Crippen LogP contribution in [-0.2, 0) is 9.59 Å². The molecule has 0 unspecified atom stereocenters. The molecule has 0 spiro atoms. The number of amides is 2. The molecule has 9 heteroatoms. The smallest absolute Gasteiger partial charge is 0.270 e. The third-order valence-corrected chi connectivity index (χ3v) is 4.89. The molecule has 1 aliphatic rings. The Morgan fingerprint density at radius 1 is 1.23 bits per heavy atom. The highest BCUT2D eigenvalue weighted by molar-refractivity contribution is 9.10. The predicted octanol–water partition coefficient (Wildman–Crippen LogP) is 3.70. The number of thiocarbonyl (C=S) groups is 1. The van der Waals surface area contributed by atoms with E-state index in [1.165, 1.54) is 11.0 Å². The minimum Gasteiger partial charge on any atom is -0.440 e. The normalized spacial score (nSPS) is 16.2. The zero-order chi connectivity index (χ0) is 19.0. The van der Waals surface area contributed by atoms with E-state index in [1.54, 1.807) is 29.2 Å². The molecule has 1 N–H and O–H groups in total. The first kappa shape index (κ1) is 18.8. The number of carbonyl (C=O) groups is 2. The molecule has 1 fully saturated rings. The minimum absolute atomic E-state index is 0.0323. The fourth-order valence-corrected chi connectivity index (χ4v) is 3.73. The Morgan fingerprint density at radius 2 is 1.96 bits per heavy atom. The maximum absolute atomic E-state index is 12.9. The second-order valence-electron chi connectivity index (χ2n) is 5.63. The lowest BCUT2D eigenvalue weighted by Crippen LogP contribution is -2.54. The number of furan rings is 1. The molecule has 1 aromatic heterocycles. The number of nitrogens with zero attached hydrogens (tertiary/aromatic N) is 2. The molecule has 2 aromatic rings. The van der Waals surface area contributed by atoms with Crippen molar-refractivity contribution in [2.45, 2.75) is 0 Å². The summed E-state index contributed by atoms with van der Waals surface area (Å²) >= 11 is 11.9. The van der Waals surface area contributed by atoms with Gasteiger partial charge in [0.25, 0.3) is 11.8 Å². The standard InChI is InChI=1S/C17H13Br2N3O3S/c1-21(2)16-13(19)8-11(25-16)7-12-14(23)20-17(26)22(15(12)24)10-5-3-4-9(18)6-10/h3-8H,1-2H3,(H,20,23,26)/b12-7+. The molecular weight excluding hydrogens is 486 g/mol. The molecule has 0 bridgehead atoms. The molecule has 0 aliphatic carbocycles. The van der Waals surface area contributed by atoms with Gasteiger partial charge in [-0.15, -0.1) is 0 Å². The number of carbonyl (C=O) groups excluding carboxylic acids is 2. The SMILES string of the molecule is CN(C)c1oc(/C=C2\C(=O)NC(=S)N(c3cccc(Br)c3)C2=O)cc1Br. The molecule has 1 aromatic carbocycles. The maximum Gasteiger partial charge on any atom is 0.270 e. The topological polar surface area (TPSA) is 65.8 Å². The summed E-state index contributed by atoms with van der Waals surface area (Å²) in [6, 6.07) is 8.78. The summed E-state index contributed by atoms with van der Waals surface area (Å²) in [5, 5.41) is 2.57. The van der Waals surface area contributed by atoms with Crippen LogP contribution in [0.4, 0.5) is 11.6 Å². The van der Waals surface area contributed by atoms with Crippen LogP contribution in [0.1, 0.15) is 5.76 Å². The molecule has 134 valence electrons. The van der Waals surface area contributed by atoms with Crippen molar-refractivity contribution in [2.24, 2.45) is 0 Å². The summed E-state index contributed by atoms with van der Waals surface area (Å²) in [6.07, 6.45) is 1.40. The van der Waals surface area contributed by atoms with Crippen LogP contribution in [0.25, 0.3) is 6.08 Å². The number of hydrogen-bond acceptors (Lipinski definition) is 5. The van der Waals surface area contributed by atoms with Crippen LogP contribution < -0.4 is 15.1 Å². The highest BCUT2D eigenvalue weighted by atomic mass is 79.9. The summed E-state index contributed by atoms with van der Waals surface area (Å²) in [5.74, 6) is -0.123. The second kappa shape index (κ2) is 7.34. The van der Waals surface area contributed by atoms with Gasteiger partial charge >= 0.3 is 0 Å². The Balaban J connectivity index is 2.01. The quantitative estimate of drug-likeness (QED) is 0.397. The molecule has 1 aliphatic heterocycles. The number of nitrogens with one attached hydrogen (secondary N) is 1. The Hall–Kier alpha value is -1.97. The van der Waals surface area contributed by atoms with E-state index in [0.29, 0.717) is 17.3 Å². The molecule has 3 rings (SSSR count). The van der Waals surface area contributed by atoms with Gasteiger partial charge in [-0.2, -0.15) is 0 Å². The van der Waals surface area contributed by atoms with Gasteiger partial charge in [-0.3, -0.25) is 19.8 Å². The minimum atomic E-state index is -0.565. The highest BCUT2D eigenvalue weighted by Crippen LogP contribution is 2.31. The first-order valence-electron chi connectivity index (χ1n) is 7.41. The molecular formula is C17H13Br2N3O3S. The van der Waals surface area contributed by atoms with Gasteiger partial charge in [0.05, 0.1) is 10.2 Å². The number of benzene rings is 1. The molecule has 2 amide bonds. The molecule has 6 nitrogen and oxygen atoms in total. The third-order valence-electron chi connectivity index (χ3n) is 3.55. The highest BCUT2D eigenvalue weighted by Gasteiger charge is 2.34. The van der Waals surface area contributed by atoms with Crippen molar-refractivity contribution in [2.75, 3.05) is 23.9 Å². The summed E-state index contributed by atoms with van der Waals surface area (Å²) in [6.45, 7) is 0. The number of hydrogen-bond donors (Lipinski definition) is 1.